The number of nitrogens with one attached hydrogen (secondary N) is 2. The summed E-state index contributed by atoms with van der Waals surface area (Å²) in [6.45, 7) is 4.58. The van der Waals surface area contributed by atoms with E-state index >= 15 is 0 Å². The van der Waals surface area contributed by atoms with Crippen LogP contribution in [0.2, 0.25) is 0 Å². The lowest BCUT2D eigenvalue weighted by Crippen LogP contribution is -2.61. The smallest absolute Gasteiger partial charge is 0.275 e. The molecule has 2 N–H and O–H groups in total. The van der Waals surface area contributed by atoms with Crippen LogP contribution in [0.15, 0.2) is 0 Å². The van der Waals surface area contributed by atoms with E-state index in [0.717, 1.165) is 12.1 Å². The fourth-order valence-corrected chi connectivity index (χ4v) is 3.38. The quantitative estimate of drug-likeness (QED) is 0.554. The van der Waals surface area contributed by atoms with E-state index < -0.39 is 0 Å². The maximum Gasteiger partial charge on any atom is 0.346 e. The van der Waals surface area contributed by atoms with Crippen LogP contribution in [0, 0.1) is 0 Å². The zero-order valence-electron chi connectivity index (χ0n) is 9.09. The van der Waals surface area contributed by atoms with E-state index in [4.69, 9.17) is 0 Å². The van der Waals surface area contributed by atoms with Gasteiger partial charge in [-0.2, -0.15) is 0 Å². The highest BCUT2D eigenvalue weighted by Gasteiger charge is 2.43. The van der Waals surface area contributed by atoms with Gasteiger partial charge in [0.05, 0.1) is 24.2 Å². The van der Waals surface area contributed by atoms with E-state index in [0.29, 0.717) is 12.1 Å². The van der Waals surface area contributed by atoms with Gasteiger partial charge >= 0.3 is 5.96 Å². The van der Waals surface area contributed by atoms with Crippen molar-refractivity contribution in [2.24, 2.45) is 0 Å². The van der Waals surface area contributed by atoms with Crippen LogP contribution in [-0.2, 0) is 0 Å². The molecule has 3 aliphatic rings. The summed E-state index contributed by atoms with van der Waals surface area (Å²) in [6.07, 6.45) is 5.43. The summed E-state index contributed by atoms with van der Waals surface area (Å²) in [5, 5.41) is 7.16. The molecule has 4 atom stereocenters. The van der Waals surface area contributed by atoms with Crippen molar-refractivity contribution in [1.29, 1.82) is 0 Å². The molecule has 0 saturated carbocycles. The summed E-state index contributed by atoms with van der Waals surface area (Å²) in [4.78, 5) is 0. The molecule has 0 amide bonds. The van der Waals surface area contributed by atoms with E-state index in [9.17, 15) is 0 Å². The zero-order valence-corrected chi connectivity index (χ0v) is 9.09. The molecule has 0 spiro atoms. The van der Waals surface area contributed by atoms with Crippen molar-refractivity contribution in [2.45, 2.75) is 63.7 Å². The first kappa shape index (κ1) is 8.57. The number of hydrogen-bond acceptors (Lipinski definition) is 2. The molecule has 0 aromatic rings. The molecule has 3 heterocycles. The lowest BCUT2D eigenvalue weighted by Gasteiger charge is -2.33. The summed E-state index contributed by atoms with van der Waals surface area (Å²) in [5.74, 6) is 1.31. The molecule has 3 nitrogen and oxygen atoms in total. The lowest BCUT2D eigenvalue weighted by atomic mass is 10.1. The molecule has 0 aromatic heterocycles. The van der Waals surface area contributed by atoms with Gasteiger partial charge in [-0.3, -0.25) is 15.2 Å². The van der Waals surface area contributed by atoms with Crippen LogP contribution >= 0.6 is 0 Å². The molecule has 0 aliphatic carbocycles. The van der Waals surface area contributed by atoms with Gasteiger partial charge in [0.25, 0.3) is 0 Å². The number of hydrogen-bond donors (Lipinski definition) is 2. The van der Waals surface area contributed by atoms with Crippen LogP contribution in [0.1, 0.15) is 39.5 Å². The van der Waals surface area contributed by atoms with Gasteiger partial charge < -0.3 is 0 Å². The lowest BCUT2D eigenvalue weighted by molar-refractivity contribution is -0.592. The second-order valence-electron chi connectivity index (χ2n) is 5.20. The summed E-state index contributed by atoms with van der Waals surface area (Å²) in [5.41, 5.74) is 0. The number of rotatable bonds is 0. The SMILES string of the molecule is C[C@@H]1C[C@@H]2CC[C@H]3C[C@@H](C)NC(=[N+]23)N1. The Labute approximate surface area is 85.6 Å². The van der Waals surface area contributed by atoms with Crippen molar-refractivity contribution in [2.75, 3.05) is 0 Å². The molecular formula is C11H20N3+. The standard InChI is InChI=1S/C11H19N3/c1-7-5-9-3-4-10-6-8(2)13-11(12-7)14(9)10/h7-10H,3-6H2,1-2H3,(H,12,13)/p+1/t7-,8-,9+,10+/m1/s1. The third-order valence-corrected chi connectivity index (χ3v) is 3.90. The third kappa shape index (κ3) is 1.14. The Morgan fingerprint density at radius 1 is 1.00 bits per heavy atom. The molecule has 0 bridgehead atoms. The van der Waals surface area contributed by atoms with Crippen molar-refractivity contribution >= 4 is 5.96 Å². The van der Waals surface area contributed by atoms with Crippen LogP contribution in [0.25, 0.3) is 0 Å². The first-order valence-corrected chi connectivity index (χ1v) is 5.92. The molecule has 1 fully saturated rings. The van der Waals surface area contributed by atoms with Crippen LogP contribution < -0.4 is 10.6 Å². The van der Waals surface area contributed by atoms with Gasteiger partial charge in [0.1, 0.15) is 0 Å². The fraction of sp³-hybridized carbons (Fsp3) is 0.909. The highest BCUT2D eigenvalue weighted by molar-refractivity contribution is 5.76. The summed E-state index contributed by atoms with van der Waals surface area (Å²) in [6, 6.07) is 2.91. The highest BCUT2D eigenvalue weighted by atomic mass is 15.3. The highest BCUT2D eigenvalue weighted by Crippen LogP contribution is 2.29. The molecule has 0 radical (unpaired) electrons. The van der Waals surface area contributed by atoms with Crippen molar-refractivity contribution in [3.05, 3.63) is 0 Å². The van der Waals surface area contributed by atoms with Gasteiger partial charge in [-0.05, 0) is 26.7 Å². The molecule has 3 rings (SSSR count). The topological polar surface area (TPSA) is 27.1 Å². The Morgan fingerprint density at radius 3 is 2.00 bits per heavy atom. The van der Waals surface area contributed by atoms with Gasteiger partial charge in [0.2, 0.25) is 0 Å². The van der Waals surface area contributed by atoms with Crippen LogP contribution in [0.4, 0.5) is 0 Å². The molecule has 0 aromatic carbocycles. The fourth-order valence-electron chi connectivity index (χ4n) is 3.38. The van der Waals surface area contributed by atoms with Crippen molar-refractivity contribution < 1.29 is 4.58 Å². The van der Waals surface area contributed by atoms with Gasteiger partial charge in [-0.15, -0.1) is 0 Å². The summed E-state index contributed by atoms with van der Waals surface area (Å²) >= 11 is 0. The Bertz CT molecular complexity index is 258. The van der Waals surface area contributed by atoms with E-state index in [1.54, 1.807) is 0 Å². The second kappa shape index (κ2) is 2.88. The minimum atomic E-state index is 0.641. The average molecular weight is 194 g/mol. The Kier molecular flexibility index (Phi) is 1.76. The maximum atomic E-state index is 3.58. The molecule has 3 heteroatoms. The third-order valence-electron chi connectivity index (χ3n) is 3.90. The Balaban J connectivity index is 1.97. The van der Waals surface area contributed by atoms with Crippen molar-refractivity contribution in [3.8, 4) is 0 Å². The first-order valence-electron chi connectivity index (χ1n) is 5.92. The van der Waals surface area contributed by atoms with E-state index in [-0.39, 0.29) is 0 Å². The zero-order chi connectivity index (χ0) is 9.71. The van der Waals surface area contributed by atoms with Crippen molar-refractivity contribution in [1.82, 2.24) is 10.6 Å². The molecular weight excluding hydrogens is 174 g/mol. The second-order valence-corrected chi connectivity index (χ2v) is 5.20. The summed E-state index contributed by atoms with van der Waals surface area (Å²) in [7, 11) is 0. The van der Waals surface area contributed by atoms with Crippen LogP contribution in [0.3, 0.4) is 0 Å². The van der Waals surface area contributed by atoms with E-state index in [1.165, 1.54) is 31.6 Å². The predicted molar refractivity (Wildman–Crippen MR) is 56.5 cm³/mol. The molecule has 1 saturated heterocycles. The molecule has 3 aliphatic heterocycles. The number of guanidine groups is 1. The Hall–Kier alpha value is -0.730. The van der Waals surface area contributed by atoms with Gasteiger partial charge in [0, 0.05) is 12.8 Å². The normalized spacial score (nSPS) is 45.6. The maximum absolute atomic E-state index is 3.58. The minimum Gasteiger partial charge on any atom is -0.275 e. The first-order chi connectivity index (χ1) is 6.74. The van der Waals surface area contributed by atoms with E-state index in [2.05, 4.69) is 29.1 Å². The number of nitrogens with zero attached hydrogens (tertiary/aromatic N) is 1. The molecule has 0 unspecified atom stereocenters. The van der Waals surface area contributed by atoms with Crippen molar-refractivity contribution in [3.63, 3.8) is 0 Å². The largest absolute Gasteiger partial charge is 0.346 e. The molecule has 78 valence electrons. The summed E-state index contributed by atoms with van der Waals surface area (Å²) < 4.78 is 2.61. The van der Waals surface area contributed by atoms with Crippen LogP contribution in [-0.4, -0.2) is 34.7 Å². The Morgan fingerprint density at radius 2 is 1.50 bits per heavy atom. The van der Waals surface area contributed by atoms with E-state index in [1.807, 2.05) is 0 Å². The van der Waals surface area contributed by atoms with Gasteiger partial charge in [-0.1, -0.05) is 0 Å². The minimum absolute atomic E-state index is 0.641. The monoisotopic (exact) mass is 194 g/mol. The van der Waals surface area contributed by atoms with Crippen LogP contribution in [0.5, 0.6) is 0 Å². The van der Waals surface area contributed by atoms with Gasteiger partial charge in [0.15, 0.2) is 0 Å². The van der Waals surface area contributed by atoms with Gasteiger partial charge in [-0.25, -0.2) is 0 Å². The predicted octanol–water partition coefficient (Wildman–Crippen LogP) is 0.649. The molecule has 14 heavy (non-hydrogen) atoms. The average Bonchev–Trinajstić information content (AvgIpc) is 2.48.